The second kappa shape index (κ2) is 8.06. The normalized spacial score (nSPS) is 24.7. The number of ether oxygens (including phenoxy) is 1. The quantitative estimate of drug-likeness (QED) is 0.627. The van der Waals surface area contributed by atoms with E-state index in [2.05, 4.69) is 31.0 Å². The molecule has 0 aliphatic carbocycles. The minimum absolute atomic E-state index is 0.525. The number of hydrogen-bond donors (Lipinski definition) is 1. The van der Waals surface area contributed by atoms with Gasteiger partial charge in [0, 0.05) is 26.2 Å². The summed E-state index contributed by atoms with van der Waals surface area (Å²) >= 11 is 0. The molecule has 0 radical (unpaired) electrons. The number of rotatable bonds is 9. The van der Waals surface area contributed by atoms with E-state index in [0.717, 1.165) is 26.3 Å². The van der Waals surface area contributed by atoms with E-state index in [9.17, 15) is 0 Å². The molecule has 0 spiro atoms. The highest BCUT2D eigenvalue weighted by molar-refractivity contribution is 4.90. The number of likely N-dealkylation sites (N-methyl/N-ethyl adjacent to an activating group) is 1. The van der Waals surface area contributed by atoms with E-state index in [4.69, 9.17) is 4.74 Å². The van der Waals surface area contributed by atoms with Crippen LogP contribution in [0.5, 0.6) is 0 Å². The molecule has 1 rings (SSSR count). The fourth-order valence-electron chi connectivity index (χ4n) is 2.91. The third-order valence-corrected chi connectivity index (χ3v) is 3.87. The van der Waals surface area contributed by atoms with E-state index < -0.39 is 0 Å². The van der Waals surface area contributed by atoms with Gasteiger partial charge < -0.3 is 15.0 Å². The molecule has 0 aromatic rings. The van der Waals surface area contributed by atoms with Gasteiger partial charge in [0.1, 0.15) is 0 Å². The summed E-state index contributed by atoms with van der Waals surface area (Å²) in [6.45, 7) is 14.2. The summed E-state index contributed by atoms with van der Waals surface area (Å²) in [6.07, 6.45) is 3.99. The maximum absolute atomic E-state index is 5.47. The van der Waals surface area contributed by atoms with Crippen LogP contribution in [-0.4, -0.2) is 50.8 Å². The van der Waals surface area contributed by atoms with Crippen LogP contribution in [0.3, 0.4) is 0 Å². The highest BCUT2D eigenvalue weighted by atomic mass is 16.5. The van der Waals surface area contributed by atoms with Crippen molar-refractivity contribution in [1.82, 2.24) is 10.2 Å². The maximum Gasteiger partial charge on any atom is 0.0593 e. The highest BCUT2D eigenvalue weighted by Crippen LogP contribution is 2.31. The van der Waals surface area contributed by atoms with Gasteiger partial charge in [-0.2, -0.15) is 0 Å². The molecule has 3 heteroatoms. The van der Waals surface area contributed by atoms with Crippen LogP contribution in [0.1, 0.15) is 40.0 Å². The topological polar surface area (TPSA) is 24.5 Å². The first-order valence-electron chi connectivity index (χ1n) is 7.27. The summed E-state index contributed by atoms with van der Waals surface area (Å²) in [5, 5.41) is 3.54. The summed E-state index contributed by atoms with van der Waals surface area (Å²) in [4.78, 5) is 2.55. The van der Waals surface area contributed by atoms with Gasteiger partial charge in [-0.1, -0.05) is 20.3 Å². The Morgan fingerprint density at radius 3 is 2.65 bits per heavy atom. The Bertz CT molecular complexity index is 191. The fourth-order valence-corrected chi connectivity index (χ4v) is 2.91. The van der Waals surface area contributed by atoms with Crippen molar-refractivity contribution < 1.29 is 4.74 Å². The Balaban J connectivity index is 2.40. The van der Waals surface area contributed by atoms with Crippen molar-refractivity contribution in [2.24, 2.45) is 5.41 Å². The summed E-state index contributed by atoms with van der Waals surface area (Å²) < 4.78 is 5.47. The van der Waals surface area contributed by atoms with Crippen LogP contribution in [0.25, 0.3) is 0 Å². The van der Waals surface area contributed by atoms with E-state index in [-0.39, 0.29) is 0 Å². The number of hydrogen-bond acceptors (Lipinski definition) is 3. The minimum Gasteiger partial charge on any atom is -0.380 e. The third kappa shape index (κ3) is 4.94. The molecule has 1 aliphatic rings. The predicted octanol–water partition coefficient (Wildman–Crippen LogP) is 2.12. The van der Waals surface area contributed by atoms with Crippen molar-refractivity contribution in [3.05, 3.63) is 0 Å². The molecule has 0 aromatic heterocycles. The number of nitrogens with one attached hydrogen (secondary N) is 1. The van der Waals surface area contributed by atoms with Crippen molar-refractivity contribution in [1.29, 1.82) is 0 Å². The molecule has 17 heavy (non-hydrogen) atoms. The lowest BCUT2D eigenvalue weighted by Crippen LogP contribution is -2.40. The van der Waals surface area contributed by atoms with Crippen molar-refractivity contribution >= 4 is 0 Å². The molecular formula is C14H30N2O. The van der Waals surface area contributed by atoms with Crippen molar-refractivity contribution in [3.8, 4) is 0 Å². The summed E-state index contributed by atoms with van der Waals surface area (Å²) in [5.41, 5.74) is 0.525. The third-order valence-electron chi connectivity index (χ3n) is 3.87. The molecule has 3 nitrogen and oxygen atoms in total. The van der Waals surface area contributed by atoms with E-state index in [0.29, 0.717) is 5.41 Å². The van der Waals surface area contributed by atoms with Crippen LogP contribution in [0.4, 0.5) is 0 Å². The molecule has 1 aliphatic heterocycles. The first kappa shape index (κ1) is 14.9. The lowest BCUT2D eigenvalue weighted by molar-refractivity contribution is 0.0905. The van der Waals surface area contributed by atoms with Crippen LogP contribution in [0.15, 0.2) is 0 Å². The van der Waals surface area contributed by atoms with Gasteiger partial charge in [0.2, 0.25) is 0 Å². The molecule has 0 aromatic carbocycles. The van der Waals surface area contributed by atoms with E-state index in [1.165, 1.54) is 38.9 Å². The zero-order valence-electron chi connectivity index (χ0n) is 11.9. The molecule has 1 fully saturated rings. The Morgan fingerprint density at radius 1 is 1.29 bits per heavy atom. The second-order valence-corrected chi connectivity index (χ2v) is 5.24. The molecular weight excluding hydrogens is 212 g/mol. The Kier molecular flexibility index (Phi) is 7.09. The lowest BCUT2D eigenvalue weighted by Gasteiger charge is -2.34. The standard InChI is InChI=1S/C14H30N2O/c1-4-7-14(8-9-15-12-14)13-16(5-2)10-11-17-6-3/h15H,4-13H2,1-3H3. The Hall–Kier alpha value is -0.120. The van der Waals surface area contributed by atoms with Gasteiger partial charge in [-0.05, 0) is 38.3 Å². The molecule has 1 saturated heterocycles. The van der Waals surface area contributed by atoms with Crippen molar-refractivity contribution in [3.63, 3.8) is 0 Å². The molecule has 0 saturated carbocycles. The maximum atomic E-state index is 5.47. The average molecular weight is 242 g/mol. The van der Waals surface area contributed by atoms with Gasteiger partial charge in [0.05, 0.1) is 6.61 Å². The SMILES string of the molecule is CCCC1(CN(CC)CCOCC)CCNC1. The first-order chi connectivity index (χ1) is 8.26. The molecule has 1 N–H and O–H groups in total. The van der Waals surface area contributed by atoms with Gasteiger partial charge in [-0.25, -0.2) is 0 Å². The molecule has 102 valence electrons. The Labute approximate surface area is 107 Å². The first-order valence-corrected chi connectivity index (χ1v) is 7.27. The molecule has 1 atom stereocenters. The van der Waals surface area contributed by atoms with Gasteiger partial charge in [-0.3, -0.25) is 0 Å². The molecule has 0 amide bonds. The van der Waals surface area contributed by atoms with Gasteiger partial charge >= 0.3 is 0 Å². The van der Waals surface area contributed by atoms with Gasteiger partial charge in [-0.15, -0.1) is 0 Å². The van der Waals surface area contributed by atoms with Crippen LogP contribution < -0.4 is 5.32 Å². The zero-order chi connectivity index (χ0) is 12.6. The highest BCUT2D eigenvalue weighted by Gasteiger charge is 2.34. The van der Waals surface area contributed by atoms with E-state index >= 15 is 0 Å². The monoisotopic (exact) mass is 242 g/mol. The fraction of sp³-hybridized carbons (Fsp3) is 1.00. The zero-order valence-corrected chi connectivity index (χ0v) is 11.9. The summed E-state index contributed by atoms with van der Waals surface area (Å²) in [7, 11) is 0. The molecule has 1 heterocycles. The van der Waals surface area contributed by atoms with E-state index in [1.807, 2.05) is 0 Å². The van der Waals surface area contributed by atoms with E-state index in [1.54, 1.807) is 0 Å². The summed E-state index contributed by atoms with van der Waals surface area (Å²) in [5.74, 6) is 0. The van der Waals surface area contributed by atoms with Crippen LogP contribution in [0.2, 0.25) is 0 Å². The van der Waals surface area contributed by atoms with Gasteiger partial charge in [0.25, 0.3) is 0 Å². The van der Waals surface area contributed by atoms with Crippen LogP contribution in [-0.2, 0) is 4.74 Å². The van der Waals surface area contributed by atoms with Crippen LogP contribution >= 0.6 is 0 Å². The predicted molar refractivity (Wildman–Crippen MR) is 73.4 cm³/mol. The Morgan fingerprint density at radius 2 is 2.12 bits per heavy atom. The molecule has 1 unspecified atom stereocenters. The van der Waals surface area contributed by atoms with Crippen molar-refractivity contribution in [2.45, 2.75) is 40.0 Å². The van der Waals surface area contributed by atoms with Crippen molar-refractivity contribution in [2.75, 3.05) is 45.9 Å². The summed E-state index contributed by atoms with van der Waals surface area (Å²) in [6, 6.07) is 0. The van der Waals surface area contributed by atoms with Gasteiger partial charge in [0.15, 0.2) is 0 Å². The minimum atomic E-state index is 0.525. The largest absolute Gasteiger partial charge is 0.380 e. The number of nitrogens with zero attached hydrogens (tertiary/aromatic N) is 1. The average Bonchev–Trinajstić information content (AvgIpc) is 2.77. The lowest BCUT2D eigenvalue weighted by atomic mass is 9.82. The smallest absolute Gasteiger partial charge is 0.0593 e. The van der Waals surface area contributed by atoms with Crippen LogP contribution in [0, 0.1) is 5.41 Å². The molecule has 0 bridgehead atoms. The second-order valence-electron chi connectivity index (χ2n) is 5.24.